The number of rotatable bonds is 6. The first-order valence-electron chi connectivity index (χ1n) is 10.2. The smallest absolute Gasteiger partial charge is 0.306 e. The minimum Gasteiger partial charge on any atom is -0.492 e. The molecule has 0 saturated carbocycles. The standard InChI is InChI=1S/C26H26O4/c1-17-7-9-23(18(2)11-17)20-6-4-5-19(12-20)15-29-22-8-10-24-21(13-26(27)28-3)16-30-25(24)14-22/h4-12,14,21H,13,15-16H2,1-3H3. The van der Waals surface area contributed by atoms with Crippen LogP contribution in [0.2, 0.25) is 0 Å². The number of carbonyl (C=O) groups is 1. The highest BCUT2D eigenvalue weighted by Crippen LogP contribution is 2.38. The van der Waals surface area contributed by atoms with Crippen LogP contribution in [0.4, 0.5) is 0 Å². The van der Waals surface area contributed by atoms with Gasteiger partial charge in [-0.1, -0.05) is 48.0 Å². The van der Waals surface area contributed by atoms with Crippen molar-refractivity contribution in [2.45, 2.75) is 32.8 Å². The average Bonchev–Trinajstić information content (AvgIpc) is 3.14. The first-order valence-corrected chi connectivity index (χ1v) is 10.2. The van der Waals surface area contributed by atoms with Crippen molar-refractivity contribution >= 4 is 5.97 Å². The number of hydrogen-bond donors (Lipinski definition) is 0. The van der Waals surface area contributed by atoms with E-state index in [0.29, 0.717) is 19.6 Å². The van der Waals surface area contributed by atoms with Crippen molar-refractivity contribution in [1.82, 2.24) is 0 Å². The molecule has 1 atom stereocenters. The lowest BCUT2D eigenvalue weighted by molar-refractivity contribution is -0.141. The maximum atomic E-state index is 11.6. The second-order valence-electron chi connectivity index (χ2n) is 7.80. The molecule has 1 unspecified atom stereocenters. The van der Waals surface area contributed by atoms with Crippen molar-refractivity contribution in [2.24, 2.45) is 0 Å². The fourth-order valence-corrected chi connectivity index (χ4v) is 3.93. The van der Waals surface area contributed by atoms with Gasteiger partial charge in [0.25, 0.3) is 0 Å². The predicted molar refractivity (Wildman–Crippen MR) is 117 cm³/mol. The molecule has 4 rings (SSSR count). The van der Waals surface area contributed by atoms with Gasteiger partial charge in [-0.25, -0.2) is 0 Å². The molecule has 154 valence electrons. The van der Waals surface area contributed by atoms with Crippen LogP contribution >= 0.6 is 0 Å². The maximum absolute atomic E-state index is 11.6. The molecule has 0 radical (unpaired) electrons. The summed E-state index contributed by atoms with van der Waals surface area (Å²) in [5.74, 6) is 1.35. The highest BCUT2D eigenvalue weighted by Gasteiger charge is 2.27. The molecule has 0 N–H and O–H groups in total. The van der Waals surface area contributed by atoms with E-state index in [-0.39, 0.29) is 11.9 Å². The van der Waals surface area contributed by atoms with E-state index >= 15 is 0 Å². The fourth-order valence-electron chi connectivity index (χ4n) is 3.93. The first-order chi connectivity index (χ1) is 14.5. The number of aryl methyl sites for hydroxylation is 2. The molecular weight excluding hydrogens is 376 g/mol. The highest BCUT2D eigenvalue weighted by atomic mass is 16.5. The molecule has 0 bridgehead atoms. The van der Waals surface area contributed by atoms with Crippen LogP contribution < -0.4 is 9.47 Å². The van der Waals surface area contributed by atoms with E-state index in [9.17, 15) is 4.79 Å². The van der Waals surface area contributed by atoms with Gasteiger partial charge in [-0.3, -0.25) is 4.79 Å². The van der Waals surface area contributed by atoms with Gasteiger partial charge < -0.3 is 14.2 Å². The third-order valence-electron chi connectivity index (χ3n) is 5.53. The highest BCUT2D eigenvalue weighted by molar-refractivity contribution is 5.71. The van der Waals surface area contributed by atoms with E-state index in [2.05, 4.69) is 56.3 Å². The van der Waals surface area contributed by atoms with Gasteiger partial charge in [-0.15, -0.1) is 0 Å². The molecular formula is C26H26O4. The van der Waals surface area contributed by atoms with E-state index in [1.54, 1.807) is 0 Å². The van der Waals surface area contributed by atoms with E-state index in [1.807, 2.05) is 18.2 Å². The van der Waals surface area contributed by atoms with E-state index in [4.69, 9.17) is 14.2 Å². The van der Waals surface area contributed by atoms with Crippen molar-refractivity contribution in [3.05, 3.63) is 82.9 Å². The van der Waals surface area contributed by atoms with E-state index < -0.39 is 0 Å². The third-order valence-corrected chi connectivity index (χ3v) is 5.53. The minimum atomic E-state index is -0.222. The van der Waals surface area contributed by atoms with Crippen molar-refractivity contribution in [1.29, 1.82) is 0 Å². The summed E-state index contributed by atoms with van der Waals surface area (Å²) in [5, 5.41) is 0. The molecule has 30 heavy (non-hydrogen) atoms. The van der Waals surface area contributed by atoms with Crippen LogP contribution in [0, 0.1) is 13.8 Å². The molecule has 0 amide bonds. The minimum absolute atomic E-state index is 0.0379. The second-order valence-corrected chi connectivity index (χ2v) is 7.80. The van der Waals surface area contributed by atoms with Crippen molar-refractivity contribution < 1.29 is 19.0 Å². The van der Waals surface area contributed by atoms with E-state index in [1.165, 1.54) is 29.4 Å². The number of esters is 1. The van der Waals surface area contributed by atoms with Crippen LogP contribution in [-0.2, 0) is 16.1 Å². The summed E-state index contributed by atoms with van der Waals surface area (Å²) in [6, 6.07) is 20.8. The fraction of sp³-hybridized carbons (Fsp3) is 0.269. The van der Waals surface area contributed by atoms with Crippen molar-refractivity contribution in [3.63, 3.8) is 0 Å². The van der Waals surface area contributed by atoms with E-state index in [0.717, 1.165) is 22.6 Å². The topological polar surface area (TPSA) is 44.8 Å². The number of fused-ring (bicyclic) bond motifs is 1. The SMILES string of the molecule is COC(=O)CC1COc2cc(OCc3cccc(-c4ccc(C)cc4C)c3)ccc21. The van der Waals surface area contributed by atoms with Crippen LogP contribution in [0.5, 0.6) is 11.5 Å². The lowest BCUT2D eigenvalue weighted by atomic mass is 9.97. The zero-order valence-corrected chi connectivity index (χ0v) is 17.6. The lowest BCUT2D eigenvalue weighted by Gasteiger charge is -2.11. The Morgan fingerprint density at radius 1 is 1.07 bits per heavy atom. The predicted octanol–water partition coefficient (Wildman–Crippen LogP) is 5.59. The van der Waals surface area contributed by atoms with Crippen LogP contribution in [0.1, 0.15) is 34.6 Å². The molecule has 1 aliphatic rings. The molecule has 4 nitrogen and oxygen atoms in total. The van der Waals surface area contributed by atoms with Gasteiger partial charge in [0.2, 0.25) is 0 Å². The molecule has 4 heteroatoms. The van der Waals surface area contributed by atoms with Crippen molar-refractivity contribution in [3.8, 4) is 22.6 Å². The zero-order valence-electron chi connectivity index (χ0n) is 17.6. The zero-order chi connectivity index (χ0) is 21.1. The Kier molecular flexibility index (Phi) is 5.75. The molecule has 1 aliphatic heterocycles. The van der Waals surface area contributed by atoms with Gasteiger partial charge in [0, 0.05) is 17.5 Å². The Labute approximate surface area is 177 Å². The molecule has 3 aromatic rings. The van der Waals surface area contributed by atoms with Gasteiger partial charge in [-0.2, -0.15) is 0 Å². The first kappa shape index (κ1) is 20.0. The Bertz CT molecular complexity index is 1070. The quantitative estimate of drug-likeness (QED) is 0.504. The average molecular weight is 402 g/mol. The van der Waals surface area contributed by atoms with Gasteiger partial charge in [0.15, 0.2) is 0 Å². The number of methoxy groups -OCH3 is 1. The summed E-state index contributed by atoms with van der Waals surface area (Å²) in [7, 11) is 1.41. The number of carbonyl (C=O) groups excluding carboxylic acids is 1. The third kappa shape index (κ3) is 4.33. The van der Waals surface area contributed by atoms with Crippen LogP contribution in [0.25, 0.3) is 11.1 Å². The maximum Gasteiger partial charge on any atom is 0.306 e. The normalized spacial score (nSPS) is 14.7. The summed E-state index contributed by atoms with van der Waals surface area (Å²) in [5.41, 5.74) is 7.11. The molecule has 0 spiro atoms. The number of ether oxygens (including phenoxy) is 3. The summed E-state index contributed by atoms with van der Waals surface area (Å²) in [6.45, 7) is 5.22. The van der Waals surface area contributed by atoms with Gasteiger partial charge in [0.1, 0.15) is 18.1 Å². The van der Waals surface area contributed by atoms with Gasteiger partial charge in [-0.05, 0) is 48.2 Å². The monoisotopic (exact) mass is 402 g/mol. The molecule has 0 aliphatic carbocycles. The molecule has 3 aromatic carbocycles. The van der Waals surface area contributed by atoms with Gasteiger partial charge >= 0.3 is 5.97 Å². The summed E-state index contributed by atoms with van der Waals surface area (Å²) >= 11 is 0. The summed E-state index contributed by atoms with van der Waals surface area (Å²) in [6.07, 6.45) is 0.328. The largest absolute Gasteiger partial charge is 0.492 e. The number of hydrogen-bond acceptors (Lipinski definition) is 4. The molecule has 1 heterocycles. The molecule has 0 saturated heterocycles. The van der Waals surface area contributed by atoms with Crippen LogP contribution in [-0.4, -0.2) is 19.7 Å². The summed E-state index contributed by atoms with van der Waals surface area (Å²) < 4.78 is 16.6. The van der Waals surface area contributed by atoms with Crippen LogP contribution in [0.3, 0.4) is 0 Å². The Morgan fingerprint density at radius 2 is 1.93 bits per heavy atom. The molecule has 0 aromatic heterocycles. The van der Waals surface area contributed by atoms with Crippen LogP contribution in [0.15, 0.2) is 60.7 Å². The Balaban J connectivity index is 1.45. The molecule has 0 fully saturated rings. The lowest BCUT2D eigenvalue weighted by Crippen LogP contribution is -2.09. The summed E-state index contributed by atoms with van der Waals surface area (Å²) in [4.78, 5) is 11.6. The Hall–Kier alpha value is -3.27. The second kappa shape index (κ2) is 8.62. The van der Waals surface area contributed by atoms with Crippen molar-refractivity contribution in [2.75, 3.05) is 13.7 Å². The number of benzene rings is 3. The Morgan fingerprint density at radius 3 is 2.73 bits per heavy atom. The van der Waals surface area contributed by atoms with Gasteiger partial charge in [0.05, 0.1) is 20.1 Å².